The number of alkyl halides is 2. The van der Waals surface area contributed by atoms with Crippen molar-refractivity contribution in [3.05, 3.63) is 0 Å². The maximum absolute atomic E-state index is 12.0. The summed E-state index contributed by atoms with van der Waals surface area (Å²) in [5.74, 6) is 0. The summed E-state index contributed by atoms with van der Waals surface area (Å²) in [6, 6.07) is 0. The van der Waals surface area contributed by atoms with Gasteiger partial charge in [0.1, 0.15) is 0 Å². The summed E-state index contributed by atoms with van der Waals surface area (Å²) >= 11 is 0. The summed E-state index contributed by atoms with van der Waals surface area (Å²) in [6.45, 7) is 15.6. The van der Waals surface area contributed by atoms with Crippen molar-refractivity contribution >= 4 is 10.1 Å². The molecule has 0 spiro atoms. The zero-order valence-corrected chi connectivity index (χ0v) is 13.4. The van der Waals surface area contributed by atoms with E-state index in [1.807, 2.05) is 0 Å². The van der Waals surface area contributed by atoms with Crippen molar-refractivity contribution in [2.75, 3.05) is 26.2 Å². The van der Waals surface area contributed by atoms with Crippen LogP contribution < -0.4 is 0 Å². The largest absolute Gasteiger partial charge is 0.743 e. The molecule has 0 unspecified atom stereocenters. The molecule has 0 saturated carbocycles. The second-order valence-electron chi connectivity index (χ2n) is 4.45. The normalized spacial score (nSPS) is 12.8. The predicted molar refractivity (Wildman–Crippen MR) is 72.0 cm³/mol. The Hall–Kier alpha value is -0.270. The lowest BCUT2D eigenvalue weighted by Crippen LogP contribution is -2.47. The molecule has 0 atom stereocenters. The Kier molecular flexibility index (Phi) is 9.76. The first kappa shape index (κ1) is 21.0. The maximum Gasteiger partial charge on any atom is 0.334 e. The SMILES string of the molecule is CCCC(F)(F)S(=O)(=O)[O-].CC[N+](CC)(CC)CC. The van der Waals surface area contributed by atoms with Crippen molar-refractivity contribution in [1.82, 2.24) is 0 Å². The summed E-state index contributed by atoms with van der Waals surface area (Å²) in [4.78, 5) is 0. The van der Waals surface area contributed by atoms with E-state index in [1.165, 1.54) is 37.6 Å². The molecule has 0 aliphatic carbocycles. The van der Waals surface area contributed by atoms with E-state index >= 15 is 0 Å². The maximum atomic E-state index is 12.0. The third-order valence-corrected chi connectivity index (χ3v) is 4.53. The fourth-order valence-electron chi connectivity index (χ4n) is 1.76. The summed E-state index contributed by atoms with van der Waals surface area (Å²) in [6.07, 6.45) is -0.937. The lowest BCUT2D eigenvalue weighted by molar-refractivity contribution is -0.921. The molecule has 0 amide bonds. The van der Waals surface area contributed by atoms with E-state index in [2.05, 4.69) is 27.7 Å². The summed E-state index contributed by atoms with van der Waals surface area (Å²) in [7, 11) is -5.45. The minimum absolute atomic E-state index is 0.0333. The van der Waals surface area contributed by atoms with Gasteiger partial charge in [0.2, 0.25) is 0 Å². The van der Waals surface area contributed by atoms with Gasteiger partial charge in [0.15, 0.2) is 10.1 Å². The molecule has 0 radical (unpaired) electrons. The van der Waals surface area contributed by atoms with Gasteiger partial charge in [-0.3, -0.25) is 0 Å². The Morgan fingerprint density at radius 3 is 1.32 bits per heavy atom. The van der Waals surface area contributed by atoms with Crippen molar-refractivity contribution in [3.8, 4) is 0 Å². The molecule has 0 heterocycles. The molecular formula is C12H27F2NO3S. The van der Waals surface area contributed by atoms with E-state index in [4.69, 9.17) is 0 Å². The Bertz CT molecular complexity index is 310. The molecule has 0 aromatic heterocycles. The van der Waals surface area contributed by atoms with Crippen molar-refractivity contribution in [2.45, 2.75) is 52.7 Å². The highest BCUT2D eigenvalue weighted by Gasteiger charge is 2.35. The van der Waals surface area contributed by atoms with Crippen LogP contribution in [0.25, 0.3) is 0 Å². The van der Waals surface area contributed by atoms with Crippen LogP contribution in [0.5, 0.6) is 0 Å². The zero-order valence-electron chi connectivity index (χ0n) is 12.6. The number of halogens is 2. The molecule has 19 heavy (non-hydrogen) atoms. The van der Waals surface area contributed by atoms with Gasteiger partial charge in [-0.2, -0.15) is 8.78 Å². The van der Waals surface area contributed by atoms with Crippen LogP contribution >= 0.6 is 0 Å². The van der Waals surface area contributed by atoms with Gasteiger partial charge in [-0.05, 0) is 34.1 Å². The van der Waals surface area contributed by atoms with Gasteiger partial charge < -0.3 is 9.04 Å². The first-order valence-corrected chi connectivity index (χ1v) is 8.14. The van der Waals surface area contributed by atoms with Gasteiger partial charge in [0.25, 0.3) is 0 Å². The molecule has 0 rings (SSSR count). The molecule has 0 bridgehead atoms. The lowest BCUT2D eigenvalue weighted by Gasteiger charge is -2.34. The van der Waals surface area contributed by atoms with Crippen LogP contribution in [0.4, 0.5) is 8.78 Å². The minimum atomic E-state index is -5.45. The van der Waals surface area contributed by atoms with Gasteiger partial charge in [-0.15, -0.1) is 0 Å². The van der Waals surface area contributed by atoms with Crippen LogP contribution in [-0.4, -0.2) is 48.9 Å². The standard InChI is InChI=1S/C8H20N.C4H8F2O3S/c1-5-9(6-2,7-3)8-4;1-2-3-4(5,6)10(7,8)9/h5-8H2,1-4H3;2-3H2,1H3,(H,7,8,9)/q+1;/p-1. The van der Waals surface area contributed by atoms with E-state index in [9.17, 15) is 21.8 Å². The summed E-state index contributed by atoms with van der Waals surface area (Å²) in [5.41, 5.74) is 0. The molecule has 0 aliphatic heterocycles. The molecule has 0 fully saturated rings. The predicted octanol–water partition coefficient (Wildman–Crippen LogP) is 2.81. The fourth-order valence-corrected chi connectivity index (χ4v) is 2.21. The molecule has 0 saturated heterocycles. The third-order valence-electron chi connectivity index (χ3n) is 3.59. The summed E-state index contributed by atoms with van der Waals surface area (Å²) < 4.78 is 54.6. The Morgan fingerprint density at radius 1 is 0.947 bits per heavy atom. The molecular weight excluding hydrogens is 276 g/mol. The average Bonchev–Trinajstić information content (AvgIpc) is 2.32. The smallest absolute Gasteiger partial charge is 0.334 e. The molecule has 0 aliphatic rings. The van der Waals surface area contributed by atoms with Crippen LogP contribution in [0.3, 0.4) is 0 Å². The number of hydrogen-bond donors (Lipinski definition) is 0. The molecule has 118 valence electrons. The Labute approximate surface area is 116 Å². The second kappa shape index (κ2) is 8.81. The van der Waals surface area contributed by atoms with Gasteiger partial charge in [0, 0.05) is 6.42 Å². The number of hydrogen-bond acceptors (Lipinski definition) is 3. The molecule has 0 aromatic carbocycles. The van der Waals surface area contributed by atoms with Crippen molar-refractivity contribution < 1.29 is 26.2 Å². The van der Waals surface area contributed by atoms with Crippen LogP contribution in [0.1, 0.15) is 47.5 Å². The van der Waals surface area contributed by atoms with Crippen molar-refractivity contribution in [3.63, 3.8) is 0 Å². The van der Waals surface area contributed by atoms with Gasteiger partial charge in [-0.25, -0.2) is 8.42 Å². The van der Waals surface area contributed by atoms with Gasteiger partial charge in [-0.1, -0.05) is 6.92 Å². The number of quaternary nitrogens is 1. The van der Waals surface area contributed by atoms with Crippen molar-refractivity contribution in [1.29, 1.82) is 0 Å². The highest BCUT2D eigenvalue weighted by atomic mass is 32.2. The first-order chi connectivity index (χ1) is 8.55. The van der Waals surface area contributed by atoms with E-state index in [1.54, 1.807) is 0 Å². The monoisotopic (exact) mass is 303 g/mol. The Balaban J connectivity index is 0. The molecule has 7 heteroatoms. The number of rotatable bonds is 7. The average molecular weight is 303 g/mol. The van der Waals surface area contributed by atoms with Gasteiger partial charge >= 0.3 is 5.25 Å². The van der Waals surface area contributed by atoms with Crippen molar-refractivity contribution in [2.24, 2.45) is 0 Å². The van der Waals surface area contributed by atoms with E-state index < -0.39 is 21.8 Å². The topological polar surface area (TPSA) is 57.2 Å². The quantitative estimate of drug-likeness (QED) is 0.537. The third kappa shape index (κ3) is 7.17. The fraction of sp³-hybridized carbons (Fsp3) is 1.00. The van der Waals surface area contributed by atoms with E-state index in [0.29, 0.717) is 0 Å². The second-order valence-corrected chi connectivity index (χ2v) is 5.95. The first-order valence-electron chi connectivity index (χ1n) is 6.74. The Morgan fingerprint density at radius 2 is 1.26 bits per heavy atom. The zero-order chi connectivity index (χ0) is 15.7. The molecule has 0 aromatic rings. The van der Waals surface area contributed by atoms with Crippen LogP contribution in [-0.2, 0) is 10.1 Å². The molecule has 4 nitrogen and oxygen atoms in total. The number of nitrogens with zero attached hydrogens (tertiary/aromatic N) is 1. The minimum Gasteiger partial charge on any atom is -0.743 e. The molecule has 0 N–H and O–H groups in total. The highest BCUT2D eigenvalue weighted by Crippen LogP contribution is 2.25. The van der Waals surface area contributed by atoms with Crippen LogP contribution in [0.15, 0.2) is 0 Å². The highest BCUT2D eigenvalue weighted by molar-refractivity contribution is 7.86. The van der Waals surface area contributed by atoms with Gasteiger partial charge in [0.05, 0.1) is 26.2 Å². The van der Waals surface area contributed by atoms with Crippen LogP contribution in [0.2, 0.25) is 0 Å². The van der Waals surface area contributed by atoms with Crippen LogP contribution in [0, 0.1) is 0 Å². The summed E-state index contributed by atoms with van der Waals surface area (Å²) in [5, 5.41) is -4.10. The van der Waals surface area contributed by atoms with E-state index in [0.717, 1.165) is 0 Å². The van der Waals surface area contributed by atoms with E-state index in [-0.39, 0.29) is 6.42 Å². The lowest BCUT2D eigenvalue weighted by atomic mass is 10.3.